The van der Waals surface area contributed by atoms with Gasteiger partial charge in [0.15, 0.2) is 0 Å². The van der Waals surface area contributed by atoms with Crippen LogP contribution in [-0.4, -0.2) is 30.2 Å². The molecular weight excluding hydrogens is 150 g/mol. The molecule has 0 fully saturated rings. The molecule has 0 unspecified atom stereocenters. The van der Waals surface area contributed by atoms with E-state index in [1.165, 1.54) is 0 Å². The maximum atomic E-state index is 9.90. The van der Waals surface area contributed by atoms with Crippen LogP contribution < -0.4 is 0 Å². The van der Waals surface area contributed by atoms with Crippen LogP contribution in [0.2, 0.25) is 0 Å². The molecule has 64 valence electrons. The molecule has 0 aliphatic carbocycles. The predicted octanol–water partition coefficient (Wildman–Crippen LogP) is 0.457. The van der Waals surface area contributed by atoms with Gasteiger partial charge in [-0.25, -0.2) is 4.79 Å². The molecule has 0 amide bonds. The van der Waals surface area contributed by atoms with Crippen molar-refractivity contribution in [2.45, 2.75) is 13.8 Å². The average Bonchev–Trinajstić information content (AvgIpc) is 1.87. The number of oxime groups is 1. The van der Waals surface area contributed by atoms with Gasteiger partial charge in [0, 0.05) is 6.92 Å². The van der Waals surface area contributed by atoms with Gasteiger partial charge in [0.1, 0.15) is 0 Å². The lowest BCUT2D eigenvalue weighted by molar-refractivity contribution is -0.142. The first-order valence-electron chi connectivity index (χ1n) is 3.18. The van der Waals surface area contributed by atoms with E-state index in [1.807, 2.05) is 0 Å². The second-order valence-corrected chi connectivity index (χ2v) is 1.71. The lowest BCUT2D eigenvalue weighted by Gasteiger charge is -1.99. The Labute approximate surface area is 64.6 Å². The van der Waals surface area contributed by atoms with E-state index in [0.717, 1.165) is 0 Å². The van der Waals surface area contributed by atoms with E-state index >= 15 is 0 Å². The molecule has 0 aliphatic rings. The molecular formula is C6H11NO4. The van der Waals surface area contributed by atoms with Crippen molar-refractivity contribution in [3.8, 4) is 0 Å². The number of nitrogens with zero attached hydrogens (tertiary/aromatic N) is 1. The average molecular weight is 161 g/mol. The van der Waals surface area contributed by atoms with E-state index < -0.39 is 12.6 Å². The van der Waals surface area contributed by atoms with Crippen molar-refractivity contribution in [2.24, 2.45) is 5.16 Å². The van der Waals surface area contributed by atoms with Crippen molar-refractivity contribution in [3.63, 3.8) is 0 Å². The van der Waals surface area contributed by atoms with Gasteiger partial charge >= 0.3 is 5.97 Å². The molecule has 0 aliphatic heterocycles. The molecule has 5 nitrogen and oxygen atoms in total. The molecule has 0 aromatic heterocycles. The third-order valence-corrected chi connectivity index (χ3v) is 0.734. The van der Waals surface area contributed by atoms with Gasteiger partial charge in [-0.15, -0.1) is 0 Å². The number of rotatable bonds is 4. The summed E-state index contributed by atoms with van der Waals surface area (Å²) in [6.45, 7) is 3.44. The molecule has 0 saturated carbocycles. The lowest BCUT2D eigenvalue weighted by atomic mass is 10.7. The maximum Gasteiger partial charge on any atom is 0.344 e. The quantitative estimate of drug-likeness (QED) is 0.369. The molecule has 0 aromatic carbocycles. The smallest absolute Gasteiger partial charge is 0.344 e. The normalized spacial score (nSPS) is 10.9. The van der Waals surface area contributed by atoms with E-state index in [1.54, 1.807) is 13.8 Å². The van der Waals surface area contributed by atoms with E-state index in [9.17, 15) is 4.79 Å². The molecule has 0 atom stereocenters. The molecule has 0 rings (SSSR count). The van der Waals surface area contributed by atoms with Gasteiger partial charge in [-0.1, -0.05) is 5.16 Å². The molecule has 0 radical (unpaired) electrons. The number of ether oxygens (including phenoxy) is 1. The Kier molecular flexibility index (Phi) is 4.89. The summed E-state index contributed by atoms with van der Waals surface area (Å²) in [6, 6.07) is 0. The Balaban J connectivity index is 3.47. The van der Waals surface area contributed by atoms with Gasteiger partial charge in [-0.05, 0) is 6.92 Å². The van der Waals surface area contributed by atoms with Gasteiger partial charge in [0.2, 0.25) is 12.5 Å². The van der Waals surface area contributed by atoms with Crippen LogP contribution in [0.3, 0.4) is 0 Å². The standard InChI is InChI=1S/C6H11NO4/c1-3-10-5(2)7-11-4-6(8)9/h3-4H2,1-2H3,(H,8,9)/b7-5-. The monoisotopic (exact) mass is 161 g/mol. The van der Waals surface area contributed by atoms with E-state index in [-0.39, 0.29) is 0 Å². The van der Waals surface area contributed by atoms with Crippen molar-refractivity contribution in [1.82, 2.24) is 0 Å². The Hall–Kier alpha value is -1.26. The highest BCUT2D eigenvalue weighted by atomic mass is 16.7. The van der Waals surface area contributed by atoms with Crippen LogP contribution in [0.4, 0.5) is 0 Å². The summed E-state index contributed by atoms with van der Waals surface area (Å²) in [6.07, 6.45) is 0. The third-order valence-electron chi connectivity index (χ3n) is 0.734. The summed E-state index contributed by atoms with van der Waals surface area (Å²) >= 11 is 0. The summed E-state index contributed by atoms with van der Waals surface area (Å²) in [5.41, 5.74) is 0. The predicted molar refractivity (Wildman–Crippen MR) is 38.3 cm³/mol. The second kappa shape index (κ2) is 5.52. The minimum Gasteiger partial charge on any atom is -0.479 e. The van der Waals surface area contributed by atoms with Crippen molar-refractivity contribution in [2.75, 3.05) is 13.2 Å². The minimum atomic E-state index is -1.06. The Bertz CT molecular complexity index is 155. The van der Waals surface area contributed by atoms with E-state index in [2.05, 4.69) is 9.99 Å². The topological polar surface area (TPSA) is 68.1 Å². The largest absolute Gasteiger partial charge is 0.479 e. The van der Waals surface area contributed by atoms with Gasteiger partial charge in [-0.2, -0.15) is 0 Å². The highest BCUT2D eigenvalue weighted by molar-refractivity contribution is 5.72. The number of hydrogen-bond donors (Lipinski definition) is 1. The lowest BCUT2D eigenvalue weighted by Crippen LogP contribution is -2.06. The van der Waals surface area contributed by atoms with Gasteiger partial charge < -0.3 is 14.7 Å². The molecule has 0 bridgehead atoms. The zero-order chi connectivity index (χ0) is 8.69. The van der Waals surface area contributed by atoms with Crippen LogP contribution in [0.25, 0.3) is 0 Å². The van der Waals surface area contributed by atoms with Crippen molar-refractivity contribution < 1.29 is 19.5 Å². The van der Waals surface area contributed by atoms with Crippen LogP contribution in [0, 0.1) is 0 Å². The summed E-state index contributed by atoms with van der Waals surface area (Å²) in [5, 5.41) is 11.5. The fraction of sp³-hybridized carbons (Fsp3) is 0.667. The zero-order valence-electron chi connectivity index (χ0n) is 6.53. The van der Waals surface area contributed by atoms with Gasteiger partial charge in [0.25, 0.3) is 0 Å². The summed E-state index contributed by atoms with van der Waals surface area (Å²) in [5.74, 6) is -0.730. The molecule has 0 spiro atoms. The van der Waals surface area contributed by atoms with Crippen molar-refractivity contribution in [1.29, 1.82) is 0 Å². The molecule has 1 N–H and O–H groups in total. The van der Waals surface area contributed by atoms with Crippen LogP contribution in [0.15, 0.2) is 5.16 Å². The van der Waals surface area contributed by atoms with Crippen LogP contribution in [0.1, 0.15) is 13.8 Å². The number of carboxylic acids is 1. The molecule has 5 heteroatoms. The maximum absolute atomic E-state index is 9.90. The Morgan fingerprint density at radius 1 is 1.64 bits per heavy atom. The molecule has 11 heavy (non-hydrogen) atoms. The summed E-state index contributed by atoms with van der Waals surface area (Å²) in [7, 11) is 0. The van der Waals surface area contributed by atoms with Crippen LogP contribution in [-0.2, 0) is 14.4 Å². The highest BCUT2D eigenvalue weighted by Gasteiger charge is 1.95. The van der Waals surface area contributed by atoms with Crippen LogP contribution >= 0.6 is 0 Å². The van der Waals surface area contributed by atoms with E-state index in [4.69, 9.17) is 9.84 Å². The fourth-order valence-electron chi connectivity index (χ4n) is 0.414. The second-order valence-electron chi connectivity index (χ2n) is 1.71. The fourth-order valence-corrected chi connectivity index (χ4v) is 0.414. The van der Waals surface area contributed by atoms with Gasteiger partial charge in [-0.3, -0.25) is 0 Å². The van der Waals surface area contributed by atoms with Gasteiger partial charge in [0.05, 0.1) is 6.61 Å². The SMILES string of the molecule is CCO/C(C)=N\OCC(=O)O. The third kappa shape index (κ3) is 6.63. The zero-order valence-corrected chi connectivity index (χ0v) is 6.53. The Morgan fingerprint density at radius 2 is 2.27 bits per heavy atom. The minimum absolute atomic E-state index is 0.328. The number of carbonyl (C=O) groups is 1. The first-order chi connectivity index (χ1) is 5.16. The van der Waals surface area contributed by atoms with Crippen molar-refractivity contribution in [3.05, 3.63) is 0 Å². The Morgan fingerprint density at radius 3 is 2.73 bits per heavy atom. The first-order valence-corrected chi connectivity index (χ1v) is 3.18. The van der Waals surface area contributed by atoms with Crippen LogP contribution in [0.5, 0.6) is 0 Å². The summed E-state index contributed by atoms with van der Waals surface area (Å²) < 4.78 is 4.86. The molecule has 0 aromatic rings. The molecule has 0 heterocycles. The number of carboxylic acid groups (broad SMARTS) is 1. The molecule has 0 saturated heterocycles. The summed E-state index contributed by atoms with van der Waals surface area (Å²) in [4.78, 5) is 14.3. The number of hydrogen-bond acceptors (Lipinski definition) is 4. The highest BCUT2D eigenvalue weighted by Crippen LogP contribution is 1.83. The first kappa shape index (κ1) is 9.74. The number of aliphatic carboxylic acids is 1. The van der Waals surface area contributed by atoms with Crippen molar-refractivity contribution >= 4 is 11.9 Å². The van der Waals surface area contributed by atoms with E-state index in [0.29, 0.717) is 12.5 Å².